The van der Waals surface area contributed by atoms with Gasteiger partial charge in [0.15, 0.2) is 0 Å². The zero-order valence-electron chi connectivity index (χ0n) is 14.0. The number of carbonyl (C=O) groups is 1. The predicted octanol–water partition coefficient (Wildman–Crippen LogP) is 3.48. The van der Waals surface area contributed by atoms with Gasteiger partial charge in [0.1, 0.15) is 17.5 Å². The number of rotatable bonds is 2. The molecular formula is C20H17F2N3O. The molecule has 0 saturated carbocycles. The van der Waals surface area contributed by atoms with Gasteiger partial charge >= 0.3 is 0 Å². The first-order valence-corrected chi connectivity index (χ1v) is 8.47. The maximum Gasteiger partial charge on any atom is 0.256 e. The number of hydrogen-bond acceptors (Lipinski definition) is 3. The lowest BCUT2D eigenvalue weighted by Crippen LogP contribution is -2.49. The van der Waals surface area contributed by atoms with Gasteiger partial charge in [0.05, 0.1) is 11.1 Å². The topological polar surface area (TPSA) is 36.4 Å². The molecule has 0 atom stereocenters. The van der Waals surface area contributed by atoms with Crippen molar-refractivity contribution in [3.8, 4) is 0 Å². The number of halogens is 2. The summed E-state index contributed by atoms with van der Waals surface area (Å²) < 4.78 is 26.9. The number of para-hydroxylation sites is 1. The lowest BCUT2D eigenvalue weighted by molar-refractivity contribution is 0.0741. The highest BCUT2D eigenvalue weighted by Gasteiger charge is 2.24. The first-order chi connectivity index (χ1) is 12.6. The highest BCUT2D eigenvalue weighted by Crippen LogP contribution is 2.20. The normalized spacial score (nSPS) is 14.7. The van der Waals surface area contributed by atoms with Crippen molar-refractivity contribution in [1.82, 2.24) is 9.88 Å². The zero-order chi connectivity index (χ0) is 18.1. The number of nitrogens with zero attached hydrogens (tertiary/aromatic N) is 3. The number of piperazine rings is 1. The summed E-state index contributed by atoms with van der Waals surface area (Å²) in [5.41, 5.74) is 0.834. The highest BCUT2D eigenvalue weighted by atomic mass is 19.1. The number of carbonyl (C=O) groups excluding carboxylic acids is 1. The van der Waals surface area contributed by atoms with E-state index in [-0.39, 0.29) is 5.56 Å². The fourth-order valence-electron chi connectivity index (χ4n) is 3.20. The van der Waals surface area contributed by atoms with Gasteiger partial charge in [0, 0.05) is 37.6 Å². The van der Waals surface area contributed by atoms with E-state index in [9.17, 15) is 13.6 Å². The van der Waals surface area contributed by atoms with Crippen LogP contribution >= 0.6 is 0 Å². The van der Waals surface area contributed by atoms with Crippen LogP contribution in [0, 0.1) is 11.6 Å². The lowest BCUT2D eigenvalue weighted by Gasteiger charge is -2.35. The molecule has 4 nitrogen and oxygen atoms in total. The van der Waals surface area contributed by atoms with Crippen molar-refractivity contribution in [2.24, 2.45) is 0 Å². The summed E-state index contributed by atoms with van der Waals surface area (Å²) >= 11 is 0. The van der Waals surface area contributed by atoms with Crippen LogP contribution in [0.5, 0.6) is 0 Å². The third-order valence-corrected chi connectivity index (χ3v) is 4.64. The Morgan fingerprint density at radius 3 is 2.46 bits per heavy atom. The smallest absolute Gasteiger partial charge is 0.256 e. The van der Waals surface area contributed by atoms with Gasteiger partial charge in [-0.3, -0.25) is 4.79 Å². The lowest BCUT2D eigenvalue weighted by atomic mass is 10.1. The van der Waals surface area contributed by atoms with Crippen LogP contribution in [0.25, 0.3) is 10.9 Å². The van der Waals surface area contributed by atoms with Crippen molar-refractivity contribution in [1.29, 1.82) is 0 Å². The predicted molar refractivity (Wildman–Crippen MR) is 96.2 cm³/mol. The molecule has 0 aliphatic carbocycles. The molecule has 0 N–H and O–H groups in total. The Bertz CT molecular complexity index is 968. The van der Waals surface area contributed by atoms with Crippen LogP contribution in [0.15, 0.2) is 54.6 Å². The molecule has 3 aromatic rings. The molecule has 26 heavy (non-hydrogen) atoms. The van der Waals surface area contributed by atoms with Crippen molar-refractivity contribution in [3.63, 3.8) is 0 Å². The van der Waals surface area contributed by atoms with E-state index in [1.54, 1.807) is 4.90 Å². The van der Waals surface area contributed by atoms with Gasteiger partial charge in [-0.05, 0) is 30.3 Å². The number of hydrogen-bond donors (Lipinski definition) is 0. The molecule has 1 aliphatic rings. The molecule has 1 aliphatic heterocycles. The van der Waals surface area contributed by atoms with Crippen molar-refractivity contribution >= 4 is 22.6 Å². The minimum atomic E-state index is -0.825. The molecule has 4 rings (SSSR count). The van der Waals surface area contributed by atoms with Gasteiger partial charge < -0.3 is 9.80 Å². The number of amides is 1. The fourth-order valence-corrected chi connectivity index (χ4v) is 3.20. The molecule has 1 aromatic heterocycles. The van der Waals surface area contributed by atoms with Gasteiger partial charge in [-0.1, -0.05) is 18.2 Å². The van der Waals surface area contributed by atoms with E-state index in [4.69, 9.17) is 0 Å². The second-order valence-electron chi connectivity index (χ2n) is 6.27. The van der Waals surface area contributed by atoms with Gasteiger partial charge in [0.25, 0.3) is 5.91 Å². The Balaban J connectivity index is 1.47. The number of aromatic nitrogens is 1. The third kappa shape index (κ3) is 3.10. The molecule has 132 valence electrons. The molecule has 1 saturated heterocycles. The van der Waals surface area contributed by atoms with Crippen molar-refractivity contribution in [3.05, 3.63) is 71.8 Å². The SMILES string of the molecule is O=C(c1ccc(F)cc1F)N1CCN(c2ccc3ccccc3n2)CC1. The minimum Gasteiger partial charge on any atom is -0.353 e. The monoisotopic (exact) mass is 353 g/mol. The van der Waals surface area contributed by atoms with E-state index in [1.165, 1.54) is 6.07 Å². The van der Waals surface area contributed by atoms with E-state index in [0.717, 1.165) is 28.9 Å². The minimum absolute atomic E-state index is 0.0938. The number of benzene rings is 2. The molecule has 2 aromatic carbocycles. The van der Waals surface area contributed by atoms with E-state index in [1.807, 2.05) is 36.4 Å². The molecule has 0 radical (unpaired) electrons. The molecule has 1 amide bonds. The third-order valence-electron chi connectivity index (χ3n) is 4.64. The van der Waals surface area contributed by atoms with E-state index in [0.29, 0.717) is 26.2 Å². The largest absolute Gasteiger partial charge is 0.353 e. The van der Waals surface area contributed by atoms with Crippen LogP contribution in [-0.4, -0.2) is 42.0 Å². The standard InChI is InChI=1S/C20H17F2N3O/c21-15-6-7-16(17(22)13-15)20(26)25-11-9-24(10-12-25)19-8-5-14-3-1-2-4-18(14)23-19/h1-8,13H,9-12H2. The van der Waals surface area contributed by atoms with E-state index >= 15 is 0 Å². The van der Waals surface area contributed by atoms with Crippen LogP contribution in [0.4, 0.5) is 14.6 Å². The summed E-state index contributed by atoms with van der Waals surface area (Å²) in [7, 11) is 0. The van der Waals surface area contributed by atoms with Crippen LogP contribution < -0.4 is 4.90 Å². The Morgan fingerprint density at radius 1 is 0.923 bits per heavy atom. The summed E-state index contributed by atoms with van der Waals surface area (Å²) in [5.74, 6) is -1.06. The molecular weight excluding hydrogens is 336 g/mol. The fraction of sp³-hybridized carbons (Fsp3) is 0.200. The Morgan fingerprint density at radius 2 is 1.69 bits per heavy atom. The Labute approximate surface area is 149 Å². The number of pyridine rings is 1. The first kappa shape index (κ1) is 16.4. The average Bonchev–Trinajstić information content (AvgIpc) is 2.67. The summed E-state index contributed by atoms with van der Waals surface area (Å²) in [5, 5.41) is 1.08. The second kappa shape index (κ2) is 6.71. The Hall–Kier alpha value is -3.02. The van der Waals surface area contributed by atoms with Crippen LogP contribution in [0.1, 0.15) is 10.4 Å². The first-order valence-electron chi connectivity index (χ1n) is 8.47. The summed E-state index contributed by atoms with van der Waals surface area (Å²) in [4.78, 5) is 20.9. The van der Waals surface area contributed by atoms with E-state index in [2.05, 4.69) is 9.88 Å². The van der Waals surface area contributed by atoms with Crippen LogP contribution in [-0.2, 0) is 0 Å². The van der Waals surface area contributed by atoms with Gasteiger partial charge in [0.2, 0.25) is 0 Å². The number of fused-ring (bicyclic) bond motifs is 1. The van der Waals surface area contributed by atoms with E-state index < -0.39 is 17.5 Å². The second-order valence-corrected chi connectivity index (χ2v) is 6.27. The molecule has 0 bridgehead atoms. The molecule has 0 spiro atoms. The quantitative estimate of drug-likeness (QED) is 0.708. The van der Waals surface area contributed by atoms with Gasteiger partial charge in [-0.25, -0.2) is 13.8 Å². The summed E-state index contributed by atoms with van der Waals surface area (Å²) in [6, 6.07) is 15.0. The maximum atomic E-state index is 13.8. The van der Waals surface area contributed by atoms with Crippen molar-refractivity contribution in [2.75, 3.05) is 31.1 Å². The summed E-state index contributed by atoms with van der Waals surface area (Å²) in [6.45, 7) is 2.15. The highest BCUT2D eigenvalue weighted by molar-refractivity contribution is 5.94. The molecule has 2 heterocycles. The number of anilines is 1. The molecule has 1 fully saturated rings. The zero-order valence-corrected chi connectivity index (χ0v) is 14.0. The van der Waals surface area contributed by atoms with Crippen LogP contribution in [0.2, 0.25) is 0 Å². The van der Waals surface area contributed by atoms with Gasteiger partial charge in [-0.2, -0.15) is 0 Å². The molecule has 0 unspecified atom stereocenters. The van der Waals surface area contributed by atoms with Crippen molar-refractivity contribution in [2.45, 2.75) is 0 Å². The van der Waals surface area contributed by atoms with Crippen LogP contribution in [0.3, 0.4) is 0 Å². The van der Waals surface area contributed by atoms with Crippen molar-refractivity contribution < 1.29 is 13.6 Å². The maximum absolute atomic E-state index is 13.8. The average molecular weight is 353 g/mol. The molecule has 6 heteroatoms. The summed E-state index contributed by atoms with van der Waals surface area (Å²) in [6.07, 6.45) is 0. The van der Waals surface area contributed by atoms with Gasteiger partial charge in [-0.15, -0.1) is 0 Å². The Kier molecular flexibility index (Phi) is 4.24.